The number of pyridine rings is 2. The average Bonchev–Trinajstić information content (AvgIpc) is 3.53. The lowest BCUT2D eigenvalue weighted by Gasteiger charge is -2.24. The summed E-state index contributed by atoms with van der Waals surface area (Å²) in [6.45, 7) is 3.57. The first-order valence-corrected chi connectivity index (χ1v) is 12.1. The molecule has 5 rings (SSSR count). The van der Waals surface area contributed by atoms with E-state index in [4.69, 9.17) is 19.4 Å². The Labute approximate surface area is 205 Å². The van der Waals surface area contributed by atoms with Gasteiger partial charge in [0.15, 0.2) is 5.82 Å². The zero-order chi connectivity index (χ0) is 24.4. The number of aromatic nitrogens is 4. The Kier molecular flexibility index (Phi) is 6.48. The fourth-order valence-electron chi connectivity index (χ4n) is 4.68. The number of amides is 1. The molecule has 3 aromatic heterocycles. The van der Waals surface area contributed by atoms with Crippen LogP contribution in [-0.2, 0) is 24.1 Å². The Balaban J connectivity index is 1.39. The second kappa shape index (κ2) is 9.85. The van der Waals surface area contributed by atoms with Crippen molar-refractivity contribution in [3.8, 4) is 23.1 Å². The number of anilines is 2. The van der Waals surface area contributed by atoms with Gasteiger partial charge in [0.2, 0.25) is 11.8 Å². The lowest BCUT2D eigenvalue weighted by Crippen LogP contribution is -2.38. The zero-order valence-corrected chi connectivity index (χ0v) is 20.5. The van der Waals surface area contributed by atoms with Crippen LogP contribution in [0.1, 0.15) is 36.6 Å². The summed E-state index contributed by atoms with van der Waals surface area (Å²) in [6, 6.07) is 5.63. The number of rotatable bonds is 8. The molecule has 3 aromatic rings. The van der Waals surface area contributed by atoms with Crippen molar-refractivity contribution < 1.29 is 14.3 Å². The normalized spacial score (nSPS) is 14.0. The Morgan fingerprint density at radius 1 is 1.17 bits per heavy atom. The van der Waals surface area contributed by atoms with Gasteiger partial charge in [0.05, 0.1) is 32.1 Å². The van der Waals surface area contributed by atoms with Crippen molar-refractivity contribution in [1.29, 1.82) is 0 Å². The highest BCUT2D eigenvalue weighted by Crippen LogP contribution is 2.33. The summed E-state index contributed by atoms with van der Waals surface area (Å²) in [5.41, 5.74) is 4.76. The molecule has 182 valence electrons. The monoisotopic (exact) mass is 474 g/mol. The van der Waals surface area contributed by atoms with Gasteiger partial charge in [-0.3, -0.25) is 9.78 Å². The molecule has 2 aliphatic rings. The number of methoxy groups -OCH3 is 1. The highest BCUT2D eigenvalue weighted by atomic mass is 16.5. The Bertz CT molecular complexity index is 1250. The summed E-state index contributed by atoms with van der Waals surface area (Å²) < 4.78 is 11.0. The van der Waals surface area contributed by atoms with Crippen LogP contribution in [0.3, 0.4) is 0 Å². The molecule has 1 aliphatic carbocycles. The fourth-order valence-corrected chi connectivity index (χ4v) is 4.68. The van der Waals surface area contributed by atoms with Crippen molar-refractivity contribution in [2.75, 3.05) is 43.7 Å². The summed E-state index contributed by atoms with van der Waals surface area (Å²) in [7, 11) is 3.51. The third-order valence-electron chi connectivity index (χ3n) is 6.43. The zero-order valence-electron chi connectivity index (χ0n) is 20.5. The van der Waals surface area contributed by atoms with Crippen molar-refractivity contribution >= 4 is 17.4 Å². The summed E-state index contributed by atoms with van der Waals surface area (Å²) in [5.74, 6) is 2.69. The van der Waals surface area contributed by atoms with E-state index in [9.17, 15) is 4.79 Å². The number of carbonyl (C=O) groups excluding carboxylic acids is 1. The fraction of sp³-hybridized carbons (Fsp3) is 0.423. The van der Waals surface area contributed by atoms with Crippen LogP contribution in [0.5, 0.6) is 11.6 Å². The molecule has 0 spiro atoms. The van der Waals surface area contributed by atoms with Gasteiger partial charge in [0.25, 0.3) is 0 Å². The van der Waals surface area contributed by atoms with E-state index >= 15 is 0 Å². The van der Waals surface area contributed by atoms with E-state index in [1.54, 1.807) is 24.4 Å². The SMILES string of the molecule is CCCOc1ccnc(-c2nc3c(c(N(C)CC(=O)N4CCc5cc(OC)ncc54)n2)CCC3)c1. The summed E-state index contributed by atoms with van der Waals surface area (Å²) in [5, 5.41) is 0. The number of hydrogen-bond acceptors (Lipinski definition) is 8. The topological polar surface area (TPSA) is 93.6 Å². The van der Waals surface area contributed by atoms with E-state index in [1.807, 2.05) is 30.1 Å². The van der Waals surface area contributed by atoms with Crippen molar-refractivity contribution in [3.05, 3.63) is 47.4 Å². The highest BCUT2D eigenvalue weighted by molar-refractivity contribution is 5.98. The smallest absolute Gasteiger partial charge is 0.246 e. The maximum absolute atomic E-state index is 13.3. The molecule has 0 saturated carbocycles. The average molecular weight is 475 g/mol. The number of ether oxygens (including phenoxy) is 2. The number of aryl methyl sites for hydroxylation is 1. The minimum absolute atomic E-state index is 0.0122. The molecule has 35 heavy (non-hydrogen) atoms. The first-order chi connectivity index (χ1) is 17.1. The minimum Gasteiger partial charge on any atom is -0.493 e. The van der Waals surface area contributed by atoms with E-state index in [0.29, 0.717) is 30.5 Å². The molecule has 1 amide bonds. The molecule has 0 fully saturated rings. The molecule has 0 aromatic carbocycles. The molecule has 4 heterocycles. The Morgan fingerprint density at radius 2 is 2.06 bits per heavy atom. The molecule has 9 heteroatoms. The van der Waals surface area contributed by atoms with Crippen LogP contribution in [0.25, 0.3) is 11.5 Å². The maximum atomic E-state index is 13.3. The summed E-state index contributed by atoms with van der Waals surface area (Å²) in [4.78, 5) is 35.5. The van der Waals surface area contributed by atoms with Crippen LogP contribution in [0.4, 0.5) is 11.5 Å². The minimum atomic E-state index is 0.0122. The van der Waals surface area contributed by atoms with E-state index < -0.39 is 0 Å². The second-order valence-electron chi connectivity index (χ2n) is 8.88. The molecule has 0 atom stereocenters. The first-order valence-electron chi connectivity index (χ1n) is 12.1. The van der Waals surface area contributed by atoms with Gasteiger partial charge in [-0.1, -0.05) is 6.92 Å². The number of carbonyl (C=O) groups is 1. The largest absolute Gasteiger partial charge is 0.493 e. The van der Waals surface area contributed by atoms with Gasteiger partial charge >= 0.3 is 0 Å². The Hall–Kier alpha value is -3.75. The quantitative estimate of drug-likeness (QED) is 0.491. The van der Waals surface area contributed by atoms with E-state index in [0.717, 1.165) is 66.2 Å². The van der Waals surface area contributed by atoms with Gasteiger partial charge < -0.3 is 19.3 Å². The predicted octanol–water partition coefficient (Wildman–Crippen LogP) is 3.25. The summed E-state index contributed by atoms with van der Waals surface area (Å²) in [6.07, 6.45) is 8.00. The number of likely N-dealkylation sites (N-methyl/N-ethyl adjacent to an activating group) is 1. The van der Waals surface area contributed by atoms with Crippen LogP contribution in [0.15, 0.2) is 30.6 Å². The molecule has 1 aliphatic heterocycles. The molecule has 0 radical (unpaired) electrons. The summed E-state index contributed by atoms with van der Waals surface area (Å²) >= 11 is 0. The van der Waals surface area contributed by atoms with Crippen molar-refractivity contribution in [2.45, 2.75) is 39.0 Å². The molecule has 0 unspecified atom stereocenters. The number of nitrogens with zero attached hydrogens (tertiary/aromatic N) is 6. The van der Waals surface area contributed by atoms with Gasteiger partial charge in [-0.2, -0.15) is 0 Å². The van der Waals surface area contributed by atoms with Crippen molar-refractivity contribution in [3.63, 3.8) is 0 Å². The van der Waals surface area contributed by atoms with Gasteiger partial charge in [-0.15, -0.1) is 0 Å². The highest BCUT2D eigenvalue weighted by Gasteiger charge is 2.28. The van der Waals surface area contributed by atoms with Crippen molar-refractivity contribution in [2.24, 2.45) is 0 Å². The van der Waals surface area contributed by atoms with Crippen LogP contribution < -0.4 is 19.3 Å². The van der Waals surface area contributed by atoms with E-state index in [1.165, 1.54) is 0 Å². The molecule has 0 N–H and O–H groups in total. The number of fused-ring (bicyclic) bond motifs is 2. The van der Waals surface area contributed by atoms with Gasteiger partial charge in [0, 0.05) is 43.2 Å². The molecule has 0 bridgehead atoms. The first kappa shape index (κ1) is 23.0. The standard InChI is InChI=1S/C26H30N6O3/c1-4-12-35-18-8-10-27-21(14-18)25-29-20-7-5-6-19(20)26(30-25)31(2)16-24(33)32-11-9-17-13-23(34-3)28-15-22(17)32/h8,10,13-15H,4-7,9,11-12,16H2,1-3H3. The Morgan fingerprint density at radius 3 is 2.89 bits per heavy atom. The van der Waals surface area contributed by atoms with Gasteiger partial charge in [-0.05, 0) is 43.7 Å². The van der Waals surface area contributed by atoms with Crippen LogP contribution in [0.2, 0.25) is 0 Å². The van der Waals surface area contributed by atoms with E-state index in [-0.39, 0.29) is 12.5 Å². The molecule has 0 saturated heterocycles. The lowest BCUT2D eigenvalue weighted by molar-refractivity contribution is -0.117. The molecular weight excluding hydrogens is 444 g/mol. The second-order valence-corrected chi connectivity index (χ2v) is 8.88. The van der Waals surface area contributed by atoms with Gasteiger partial charge in [0.1, 0.15) is 17.3 Å². The molecule has 9 nitrogen and oxygen atoms in total. The predicted molar refractivity (Wildman–Crippen MR) is 133 cm³/mol. The third-order valence-corrected chi connectivity index (χ3v) is 6.43. The van der Waals surface area contributed by atoms with Crippen LogP contribution in [-0.4, -0.2) is 59.7 Å². The van der Waals surface area contributed by atoms with Crippen LogP contribution in [0, 0.1) is 0 Å². The maximum Gasteiger partial charge on any atom is 0.246 e. The third kappa shape index (κ3) is 4.62. The van der Waals surface area contributed by atoms with Crippen molar-refractivity contribution in [1.82, 2.24) is 19.9 Å². The van der Waals surface area contributed by atoms with E-state index in [2.05, 4.69) is 16.9 Å². The lowest BCUT2D eigenvalue weighted by atomic mass is 10.2. The van der Waals surface area contributed by atoms with Gasteiger partial charge in [-0.25, -0.2) is 15.0 Å². The molecular formula is C26H30N6O3. The van der Waals surface area contributed by atoms with Crippen LogP contribution >= 0.6 is 0 Å². The number of hydrogen-bond donors (Lipinski definition) is 0.